The molecule has 0 atom stereocenters. The second kappa shape index (κ2) is 8.92. The fourth-order valence-electron chi connectivity index (χ4n) is 3.02. The molecule has 1 aliphatic heterocycles. The smallest absolute Gasteiger partial charge is 0.226 e. The first kappa shape index (κ1) is 17.8. The fraction of sp³-hybridized carbons (Fsp3) is 0.632. The molecule has 0 aromatic heterocycles. The highest BCUT2D eigenvalue weighted by atomic mass is 16.5. The van der Waals surface area contributed by atoms with E-state index in [2.05, 4.69) is 12.2 Å². The summed E-state index contributed by atoms with van der Waals surface area (Å²) in [6.45, 7) is 10.0. The van der Waals surface area contributed by atoms with E-state index in [1.54, 1.807) is 0 Å². The van der Waals surface area contributed by atoms with E-state index in [-0.39, 0.29) is 12.0 Å². The van der Waals surface area contributed by atoms with Gasteiger partial charge in [-0.3, -0.25) is 4.79 Å². The van der Waals surface area contributed by atoms with Gasteiger partial charge in [-0.05, 0) is 63.4 Å². The van der Waals surface area contributed by atoms with Gasteiger partial charge in [0, 0.05) is 13.1 Å². The molecule has 4 heteroatoms. The van der Waals surface area contributed by atoms with Gasteiger partial charge in [-0.1, -0.05) is 19.1 Å². The van der Waals surface area contributed by atoms with Crippen LogP contribution in [0.4, 0.5) is 0 Å². The van der Waals surface area contributed by atoms with E-state index in [4.69, 9.17) is 4.74 Å². The molecule has 128 valence electrons. The van der Waals surface area contributed by atoms with Gasteiger partial charge in [-0.2, -0.15) is 0 Å². The van der Waals surface area contributed by atoms with E-state index in [1.807, 2.05) is 43.0 Å². The van der Waals surface area contributed by atoms with Crippen molar-refractivity contribution in [3.63, 3.8) is 0 Å². The highest BCUT2D eigenvalue weighted by molar-refractivity contribution is 5.79. The molecule has 23 heavy (non-hydrogen) atoms. The summed E-state index contributed by atoms with van der Waals surface area (Å²) in [6.07, 6.45) is 2.83. The van der Waals surface area contributed by atoms with Crippen molar-refractivity contribution in [1.82, 2.24) is 10.2 Å². The van der Waals surface area contributed by atoms with Gasteiger partial charge in [0.25, 0.3) is 0 Å². The molecule has 1 fully saturated rings. The van der Waals surface area contributed by atoms with Gasteiger partial charge in [0.1, 0.15) is 5.75 Å². The van der Waals surface area contributed by atoms with Gasteiger partial charge in [-0.25, -0.2) is 0 Å². The molecule has 0 radical (unpaired) electrons. The quantitative estimate of drug-likeness (QED) is 0.840. The van der Waals surface area contributed by atoms with Crippen LogP contribution in [0, 0.1) is 5.92 Å². The summed E-state index contributed by atoms with van der Waals surface area (Å²) in [5, 5.41) is 3.41. The first-order chi connectivity index (χ1) is 11.1. The third-order valence-electron chi connectivity index (χ3n) is 4.28. The predicted molar refractivity (Wildman–Crippen MR) is 93.8 cm³/mol. The van der Waals surface area contributed by atoms with Gasteiger partial charge < -0.3 is 15.0 Å². The Morgan fingerprint density at radius 3 is 2.74 bits per heavy atom. The maximum absolute atomic E-state index is 12.5. The summed E-state index contributed by atoms with van der Waals surface area (Å²) in [7, 11) is 0. The molecule has 1 aromatic carbocycles. The van der Waals surface area contributed by atoms with Gasteiger partial charge >= 0.3 is 0 Å². The molecule has 1 N–H and O–H groups in total. The first-order valence-electron chi connectivity index (χ1n) is 8.82. The van der Waals surface area contributed by atoms with Crippen LogP contribution < -0.4 is 10.1 Å². The Hall–Kier alpha value is -1.55. The molecule has 2 rings (SSSR count). The Labute approximate surface area is 140 Å². The van der Waals surface area contributed by atoms with Crippen molar-refractivity contribution in [3.8, 4) is 5.75 Å². The zero-order valence-electron chi connectivity index (χ0n) is 14.7. The number of nitrogens with zero attached hydrogens (tertiary/aromatic N) is 1. The maximum Gasteiger partial charge on any atom is 0.226 e. The fourth-order valence-corrected chi connectivity index (χ4v) is 3.02. The van der Waals surface area contributed by atoms with Crippen molar-refractivity contribution in [2.45, 2.75) is 46.1 Å². The number of piperidine rings is 1. The van der Waals surface area contributed by atoms with Crippen molar-refractivity contribution in [1.29, 1.82) is 0 Å². The predicted octanol–water partition coefficient (Wildman–Crippen LogP) is 2.86. The summed E-state index contributed by atoms with van der Waals surface area (Å²) < 4.78 is 5.70. The van der Waals surface area contributed by atoms with Crippen LogP contribution in [-0.4, -0.2) is 43.1 Å². The lowest BCUT2D eigenvalue weighted by Crippen LogP contribution is -2.41. The number of benzene rings is 1. The molecular formula is C19H30N2O2. The van der Waals surface area contributed by atoms with Gasteiger partial charge in [0.2, 0.25) is 5.91 Å². The zero-order chi connectivity index (χ0) is 16.7. The number of carbonyl (C=O) groups is 1. The molecule has 1 aliphatic rings. The second-order valence-corrected chi connectivity index (χ2v) is 6.62. The number of nitrogens with one attached hydrogen (secondary N) is 1. The lowest BCUT2D eigenvalue weighted by atomic mass is 9.96. The summed E-state index contributed by atoms with van der Waals surface area (Å²) in [5.74, 6) is 1.78. The highest BCUT2D eigenvalue weighted by Crippen LogP contribution is 2.19. The van der Waals surface area contributed by atoms with Gasteiger partial charge in [0.05, 0.1) is 12.5 Å². The van der Waals surface area contributed by atoms with Crippen LogP contribution in [0.3, 0.4) is 0 Å². The average molecular weight is 318 g/mol. The lowest BCUT2D eigenvalue weighted by molar-refractivity contribution is -0.131. The highest BCUT2D eigenvalue weighted by Gasteiger charge is 2.22. The normalized spacial score (nSPS) is 15.9. The van der Waals surface area contributed by atoms with Crippen molar-refractivity contribution in [2.75, 3.05) is 26.2 Å². The zero-order valence-corrected chi connectivity index (χ0v) is 14.7. The van der Waals surface area contributed by atoms with E-state index >= 15 is 0 Å². The van der Waals surface area contributed by atoms with E-state index in [9.17, 15) is 4.79 Å². The van der Waals surface area contributed by atoms with Crippen molar-refractivity contribution < 1.29 is 9.53 Å². The molecule has 1 aromatic rings. The van der Waals surface area contributed by atoms with Crippen molar-refractivity contribution in [3.05, 3.63) is 29.8 Å². The Bertz CT molecular complexity index is 494. The minimum absolute atomic E-state index is 0.150. The van der Waals surface area contributed by atoms with Crippen LogP contribution in [0.5, 0.6) is 5.75 Å². The van der Waals surface area contributed by atoms with Gasteiger partial charge in [-0.15, -0.1) is 0 Å². The molecule has 1 heterocycles. The molecule has 1 amide bonds. The Morgan fingerprint density at radius 2 is 2.09 bits per heavy atom. The van der Waals surface area contributed by atoms with Crippen LogP contribution in [0.25, 0.3) is 0 Å². The third-order valence-corrected chi connectivity index (χ3v) is 4.28. The Morgan fingerprint density at radius 1 is 1.35 bits per heavy atom. The monoisotopic (exact) mass is 318 g/mol. The summed E-state index contributed by atoms with van der Waals surface area (Å²) in [5.41, 5.74) is 1.03. The van der Waals surface area contributed by atoms with Crippen molar-refractivity contribution in [2.24, 2.45) is 5.92 Å². The number of hydrogen-bond donors (Lipinski definition) is 1. The lowest BCUT2D eigenvalue weighted by Gasteiger charge is -2.32. The van der Waals surface area contributed by atoms with E-state index in [0.29, 0.717) is 12.3 Å². The number of ether oxygens (including phenoxy) is 1. The van der Waals surface area contributed by atoms with Crippen LogP contribution in [0.2, 0.25) is 0 Å². The number of amides is 1. The second-order valence-electron chi connectivity index (χ2n) is 6.62. The number of carbonyl (C=O) groups excluding carboxylic acids is 1. The molecule has 0 unspecified atom stereocenters. The number of likely N-dealkylation sites (tertiary alicyclic amines) is 1. The number of hydrogen-bond acceptors (Lipinski definition) is 3. The average Bonchev–Trinajstić information content (AvgIpc) is 2.53. The summed E-state index contributed by atoms with van der Waals surface area (Å²) in [6, 6.07) is 7.89. The van der Waals surface area contributed by atoms with E-state index in [0.717, 1.165) is 50.3 Å². The standard InChI is InChI=1S/C19H30N2O2/c1-4-20-14-16-8-10-21(11-9-16)19(22)13-17-6-5-7-18(12-17)23-15(2)3/h5-7,12,15-16,20H,4,8-11,13-14H2,1-3H3. The molecule has 0 spiro atoms. The Kier molecular flexibility index (Phi) is 6.90. The van der Waals surface area contributed by atoms with Crippen LogP contribution in [0.15, 0.2) is 24.3 Å². The van der Waals surface area contributed by atoms with Crippen LogP contribution >= 0.6 is 0 Å². The van der Waals surface area contributed by atoms with Crippen LogP contribution in [-0.2, 0) is 11.2 Å². The minimum atomic E-state index is 0.150. The molecule has 1 saturated heterocycles. The largest absolute Gasteiger partial charge is 0.491 e. The topological polar surface area (TPSA) is 41.6 Å². The summed E-state index contributed by atoms with van der Waals surface area (Å²) in [4.78, 5) is 14.5. The first-order valence-corrected chi connectivity index (χ1v) is 8.82. The third kappa shape index (κ3) is 5.87. The number of rotatable bonds is 7. The Balaban J connectivity index is 1.83. The summed E-state index contributed by atoms with van der Waals surface area (Å²) >= 11 is 0. The maximum atomic E-state index is 12.5. The van der Waals surface area contributed by atoms with Gasteiger partial charge in [0.15, 0.2) is 0 Å². The minimum Gasteiger partial charge on any atom is -0.491 e. The molecule has 0 saturated carbocycles. The molecule has 0 aliphatic carbocycles. The molecule has 0 bridgehead atoms. The molecule has 4 nitrogen and oxygen atoms in total. The SMILES string of the molecule is CCNCC1CCN(C(=O)Cc2cccc(OC(C)C)c2)CC1. The van der Waals surface area contributed by atoms with Crippen molar-refractivity contribution >= 4 is 5.91 Å². The van der Waals surface area contributed by atoms with E-state index in [1.165, 1.54) is 0 Å². The van der Waals surface area contributed by atoms with Crippen LogP contribution in [0.1, 0.15) is 39.2 Å². The molecular weight excluding hydrogens is 288 g/mol. The van der Waals surface area contributed by atoms with E-state index < -0.39 is 0 Å².